The van der Waals surface area contributed by atoms with Gasteiger partial charge in [-0.1, -0.05) is 60.7 Å². The maximum Gasteiger partial charge on any atom is 0.351 e. The molecule has 0 radical (unpaired) electrons. The third-order valence-electron chi connectivity index (χ3n) is 4.48. The number of aromatic nitrogens is 3. The van der Waals surface area contributed by atoms with E-state index in [1.165, 1.54) is 9.25 Å². The van der Waals surface area contributed by atoms with Crippen molar-refractivity contribution in [2.75, 3.05) is 0 Å². The van der Waals surface area contributed by atoms with E-state index in [1.807, 2.05) is 48.5 Å². The Morgan fingerprint density at radius 3 is 2.29 bits per heavy atom. The molecule has 3 aromatic rings. The van der Waals surface area contributed by atoms with Gasteiger partial charge in [-0.2, -0.15) is 0 Å². The third-order valence-corrected chi connectivity index (χ3v) is 4.48. The fourth-order valence-corrected chi connectivity index (χ4v) is 3.34. The molecule has 120 valence electrons. The highest BCUT2D eigenvalue weighted by molar-refractivity contribution is 5.31. The van der Waals surface area contributed by atoms with Crippen molar-refractivity contribution in [3.05, 3.63) is 99.3 Å². The molecule has 1 N–H and O–H groups in total. The molecule has 4 rings (SSSR count). The zero-order valence-corrected chi connectivity index (χ0v) is 13.0. The fraction of sp³-hybridized carbons (Fsp3) is 0.158. The molecule has 0 bridgehead atoms. The summed E-state index contributed by atoms with van der Waals surface area (Å²) < 4.78 is 2.65. The van der Waals surface area contributed by atoms with E-state index in [2.05, 4.69) is 17.3 Å². The van der Waals surface area contributed by atoms with Crippen LogP contribution in [-0.4, -0.2) is 14.3 Å². The van der Waals surface area contributed by atoms with E-state index in [0.717, 1.165) is 5.56 Å². The Hall–Kier alpha value is -3.08. The van der Waals surface area contributed by atoms with Gasteiger partial charge in [-0.25, -0.2) is 23.9 Å². The minimum atomic E-state index is -0.412. The van der Waals surface area contributed by atoms with Crippen LogP contribution in [0.15, 0.2) is 82.4 Å². The lowest BCUT2D eigenvalue weighted by molar-refractivity contribution is 0.424. The number of hydrogen-bond acceptors (Lipinski definition) is 2. The van der Waals surface area contributed by atoms with E-state index < -0.39 is 5.69 Å². The van der Waals surface area contributed by atoms with Gasteiger partial charge in [0.2, 0.25) is 0 Å². The minimum Gasteiger partial charge on any atom is -0.246 e. The van der Waals surface area contributed by atoms with Gasteiger partial charge < -0.3 is 0 Å². The maximum absolute atomic E-state index is 12.8. The van der Waals surface area contributed by atoms with E-state index in [4.69, 9.17) is 0 Å². The standard InChI is InChI=1S/C19H17N3O2/c23-18-20-22(19(24)21(18)15-10-5-2-6-11-15)17-13-7-12-16(17)14-8-3-1-4-9-14/h1-12,16-17H,13H2,(H,20,23)/t16-,17+/m1/s1. The highest BCUT2D eigenvalue weighted by Gasteiger charge is 2.29. The first-order valence-corrected chi connectivity index (χ1v) is 7.96. The van der Waals surface area contributed by atoms with Crippen LogP contribution in [0.1, 0.15) is 23.9 Å². The summed E-state index contributed by atoms with van der Waals surface area (Å²) in [4.78, 5) is 25.1. The molecule has 1 aromatic heterocycles. The Morgan fingerprint density at radius 1 is 0.917 bits per heavy atom. The normalized spacial score (nSPS) is 19.7. The Morgan fingerprint density at radius 2 is 1.58 bits per heavy atom. The van der Waals surface area contributed by atoms with Crippen LogP contribution in [0, 0.1) is 0 Å². The number of H-pyrrole nitrogens is 1. The van der Waals surface area contributed by atoms with Crippen molar-refractivity contribution in [2.45, 2.75) is 18.4 Å². The smallest absolute Gasteiger partial charge is 0.246 e. The second kappa shape index (κ2) is 5.85. The van der Waals surface area contributed by atoms with E-state index >= 15 is 0 Å². The van der Waals surface area contributed by atoms with Gasteiger partial charge in [0.1, 0.15) is 0 Å². The molecule has 5 nitrogen and oxygen atoms in total. The Bertz CT molecular complexity index is 981. The first-order chi connectivity index (χ1) is 11.8. The summed E-state index contributed by atoms with van der Waals surface area (Å²) in [6.07, 6.45) is 4.88. The minimum absolute atomic E-state index is 0.0752. The van der Waals surface area contributed by atoms with Gasteiger partial charge >= 0.3 is 11.4 Å². The lowest BCUT2D eigenvalue weighted by atomic mass is 9.95. The Labute approximate surface area is 138 Å². The van der Waals surface area contributed by atoms with Gasteiger partial charge in [-0.3, -0.25) is 0 Å². The van der Waals surface area contributed by atoms with E-state index in [-0.39, 0.29) is 17.6 Å². The van der Waals surface area contributed by atoms with E-state index in [1.54, 1.807) is 12.1 Å². The highest BCUT2D eigenvalue weighted by atomic mass is 16.2. The lowest BCUT2D eigenvalue weighted by Crippen LogP contribution is -2.30. The SMILES string of the molecule is O=c1[nH]n([C@H]2CC=C[C@@H]2c2ccccc2)c(=O)n1-c1ccccc1. The van der Waals surface area contributed by atoms with Crippen molar-refractivity contribution in [3.63, 3.8) is 0 Å². The number of hydrogen-bond donors (Lipinski definition) is 1. The van der Waals surface area contributed by atoms with Crippen LogP contribution in [0.4, 0.5) is 0 Å². The monoisotopic (exact) mass is 319 g/mol. The zero-order valence-electron chi connectivity index (χ0n) is 13.0. The van der Waals surface area contributed by atoms with Crippen molar-refractivity contribution in [1.29, 1.82) is 0 Å². The zero-order chi connectivity index (χ0) is 16.5. The predicted molar refractivity (Wildman–Crippen MR) is 92.6 cm³/mol. The maximum atomic E-state index is 12.8. The molecule has 2 atom stereocenters. The van der Waals surface area contributed by atoms with Crippen LogP contribution >= 0.6 is 0 Å². The number of allylic oxidation sites excluding steroid dienone is 2. The molecule has 0 saturated carbocycles. The van der Waals surface area contributed by atoms with E-state index in [9.17, 15) is 9.59 Å². The predicted octanol–water partition coefficient (Wildman–Crippen LogP) is 2.61. The molecule has 0 aliphatic heterocycles. The number of benzene rings is 2. The van der Waals surface area contributed by atoms with Gasteiger partial charge in [-0.05, 0) is 24.1 Å². The molecule has 24 heavy (non-hydrogen) atoms. The first-order valence-electron chi connectivity index (χ1n) is 7.96. The second-order valence-electron chi connectivity index (χ2n) is 5.91. The topological polar surface area (TPSA) is 59.8 Å². The third kappa shape index (κ3) is 2.34. The molecular formula is C19H17N3O2. The summed E-state index contributed by atoms with van der Waals surface area (Å²) in [5.74, 6) is 0.0752. The second-order valence-corrected chi connectivity index (χ2v) is 5.91. The number of para-hydroxylation sites is 1. The summed E-state index contributed by atoms with van der Waals surface area (Å²) in [7, 11) is 0. The van der Waals surface area contributed by atoms with Crippen LogP contribution in [0.2, 0.25) is 0 Å². The van der Waals surface area contributed by atoms with Gasteiger partial charge in [-0.15, -0.1) is 0 Å². The van der Waals surface area contributed by atoms with Crippen molar-refractivity contribution in [2.24, 2.45) is 0 Å². The quantitative estimate of drug-likeness (QED) is 0.754. The van der Waals surface area contributed by atoms with Crippen LogP contribution in [0.3, 0.4) is 0 Å². The summed E-state index contributed by atoms with van der Waals surface area (Å²) >= 11 is 0. The summed E-state index contributed by atoms with van der Waals surface area (Å²) in [5.41, 5.74) is 0.965. The molecule has 0 amide bonds. The van der Waals surface area contributed by atoms with Crippen molar-refractivity contribution < 1.29 is 0 Å². The largest absolute Gasteiger partial charge is 0.351 e. The van der Waals surface area contributed by atoms with Crippen molar-refractivity contribution in [1.82, 2.24) is 14.3 Å². The molecule has 1 aliphatic rings. The van der Waals surface area contributed by atoms with E-state index in [0.29, 0.717) is 12.1 Å². The van der Waals surface area contributed by atoms with Gasteiger partial charge in [0.25, 0.3) is 0 Å². The first kappa shape index (κ1) is 14.5. The van der Waals surface area contributed by atoms with Crippen LogP contribution < -0.4 is 11.4 Å². The fourth-order valence-electron chi connectivity index (χ4n) is 3.34. The number of nitrogens with one attached hydrogen (secondary N) is 1. The van der Waals surface area contributed by atoms with Gasteiger partial charge in [0.15, 0.2) is 0 Å². The molecule has 0 spiro atoms. The molecule has 2 aromatic carbocycles. The molecular weight excluding hydrogens is 302 g/mol. The molecule has 0 saturated heterocycles. The average Bonchev–Trinajstić information content (AvgIpc) is 3.21. The Kier molecular flexibility index (Phi) is 3.54. The lowest BCUT2D eigenvalue weighted by Gasteiger charge is -2.19. The van der Waals surface area contributed by atoms with Crippen LogP contribution in [-0.2, 0) is 0 Å². The molecule has 1 aliphatic carbocycles. The molecule has 0 unspecified atom stereocenters. The molecule has 5 heteroatoms. The molecule has 1 heterocycles. The van der Waals surface area contributed by atoms with Crippen LogP contribution in [0.5, 0.6) is 0 Å². The summed E-state index contributed by atoms with van der Waals surface area (Å²) in [6, 6.07) is 18.9. The van der Waals surface area contributed by atoms with Gasteiger partial charge in [0, 0.05) is 5.92 Å². The number of rotatable bonds is 3. The summed E-state index contributed by atoms with van der Waals surface area (Å²) in [6.45, 7) is 0. The number of aromatic amines is 1. The van der Waals surface area contributed by atoms with Crippen molar-refractivity contribution in [3.8, 4) is 5.69 Å². The highest BCUT2D eigenvalue weighted by Crippen LogP contribution is 2.36. The van der Waals surface area contributed by atoms with Gasteiger partial charge in [0.05, 0.1) is 11.7 Å². The van der Waals surface area contributed by atoms with Crippen LogP contribution in [0.25, 0.3) is 5.69 Å². The van der Waals surface area contributed by atoms with Crippen molar-refractivity contribution >= 4 is 0 Å². The molecule has 0 fully saturated rings. The summed E-state index contributed by atoms with van der Waals surface area (Å²) in [5, 5.41) is 2.72. The average molecular weight is 319 g/mol. The Balaban J connectivity index is 1.78. The number of nitrogens with zero attached hydrogens (tertiary/aromatic N) is 2.